The minimum Gasteiger partial charge on any atom is -0.261 e. The fourth-order valence-electron chi connectivity index (χ4n) is 3.14. The van der Waals surface area contributed by atoms with Crippen LogP contribution in [0, 0.1) is 69.2 Å². The van der Waals surface area contributed by atoms with E-state index in [0.717, 1.165) is 45.8 Å². The van der Waals surface area contributed by atoms with Crippen LogP contribution in [0.1, 0.15) is 57.5 Å². The Morgan fingerprint density at radius 2 is 0.829 bits per heavy atom. The Kier molecular flexibility index (Phi) is 33.8. The molecule has 0 unspecified atom stereocenters. The molecular formula is C41H51N29. The third-order valence-electron chi connectivity index (χ3n) is 6.24. The van der Waals surface area contributed by atoms with Gasteiger partial charge in [0, 0.05) is 49.1 Å². The third-order valence-corrected chi connectivity index (χ3v) is 6.24. The highest BCUT2D eigenvalue weighted by Crippen LogP contribution is 1.84. The largest absolute Gasteiger partial charge is 0.261 e. The molecule has 0 atom stereocenters. The number of hydrogen-bond acceptors (Lipinski definition) is 29. The van der Waals surface area contributed by atoms with Gasteiger partial charge in [0.05, 0.1) is 59.5 Å². The number of hydrogen-bond donors (Lipinski definition) is 0. The van der Waals surface area contributed by atoms with E-state index >= 15 is 0 Å². The molecule has 0 bridgehead atoms. The second-order valence-corrected chi connectivity index (χ2v) is 12.4. The van der Waals surface area contributed by atoms with Crippen molar-refractivity contribution in [3.8, 4) is 0 Å². The smallest absolute Gasteiger partial charge is 0.170 e. The van der Waals surface area contributed by atoms with Crippen molar-refractivity contribution >= 4 is 0 Å². The lowest BCUT2D eigenvalue weighted by Crippen LogP contribution is -1.90. The van der Waals surface area contributed by atoms with Gasteiger partial charge in [-0.05, 0) is 103 Å². The number of rotatable bonds is 0. The predicted octanol–water partition coefficient (Wildman–Crippen LogP) is 2.41. The molecule has 0 aromatic carbocycles. The highest BCUT2D eigenvalue weighted by molar-refractivity contribution is 4.93. The van der Waals surface area contributed by atoms with Crippen molar-refractivity contribution in [3.63, 3.8) is 0 Å². The molecule has 10 aromatic rings. The third kappa shape index (κ3) is 38.6. The predicted molar refractivity (Wildman–Crippen MR) is 248 cm³/mol. The van der Waals surface area contributed by atoms with Gasteiger partial charge in [-0.3, -0.25) is 9.97 Å². The molecule has 70 heavy (non-hydrogen) atoms. The van der Waals surface area contributed by atoms with Crippen molar-refractivity contribution in [2.24, 2.45) is 0 Å². The van der Waals surface area contributed by atoms with E-state index < -0.39 is 0 Å². The van der Waals surface area contributed by atoms with E-state index in [-0.39, 0.29) is 0 Å². The normalized spacial score (nSPS) is 8.71. The zero-order valence-electron chi connectivity index (χ0n) is 40.1. The van der Waals surface area contributed by atoms with E-state index in [4.69, 9.17) is 0 Å². The van der Waals surface area contributed by atoms with Crippen LogP contribution in [0.4, 0.5) is 0 Å². The van der Waals surface area contributed by atoms with E-state index in [1.807, 2.05) is 61.5 Å². The molecule has 0 aliphatic heterocycles. The second-order valence-electron chi connectivity index (χ2n) is 12.4. The molecule has 0 spiro atoms. The summed E-state index contributed by atoms with van der Waals surface area (Å²) in [5.74, 6) is 2.89. The summed E-state index contributed by atoms with van der Waals surface area (Å²) in [6.07, 6.45) is 28.4. The van der Waals surface area contributed by atoms with Gasteiger partial charge in [-0.25, -0.2) is 49.8 Å². The van der Waals surface area contributed by atoms with Gasteiger partial charge in [0.2, 0.25) is 0 Å². The molecule has 0 aliphatic carbocycles. The molecular weight excluding hydrogens is 899 g/mol. The van der Waals surface area contributed by atoms with E-state index in [0.29, 0.717) is 11.6 Å². The molecule has 29 nitrogen and oxygen atoms in total. The second kappa shape index (κ2) is 40.7. The minimum absolute atomic E-state index is 0.600. The highest BCUT2D eigenvalue weighted by Gasteiger charge is 1.82. The molecule has 0 N–H and O–H groups in total. The summed E-state index contributed by atoms with van der Waals surface area (Å²) in [5, 5.41) is 59.5. The van der Waals surface area contributed by atoms with Gasteiger partial charge in [0.1, 0.15) is 49.1 Å². The number of aryl methyl sites for hydroxylation is 10. The maximum Gasteiger partial charge on any atom is 0.170 e. The SMILES string of the molecule is Cc1ccncn1.Cc1ccnnn1.Cc1cnccn1.Cc1cncnn1.Cc1cnncn1.Cc1cnnnn1.Cc1ncccn1.Cc1nccnn1.Cc1ncncn1.Cc1nncnn1. The van der Waals surface area contributed by atoms with Crippen LogP contribution in [0.25, 0.3) is 0 Å². The van der Waals surface area contributed by atoms with Gasteiger partial charge in [-0.15, -0.1) is 56.1 Å². The first-order valence-electron chi connectivity index (χ1n) is 20.1. The summed E-state index contributed by atoms with van der Waals surface area (Å²) in [6.45, 7) is 18.5. The van der Waals surface area contributed by atoms with Crippen LogP contribution >= 0.6 is 0 Å². The quantitative estimate of drug-likeness (QED) is 0.210. The van der Waals surface area contributed by atoms with Crippen LogP contribution < -0.4 is 0 Å². The number of aromatic nitrogens is 29. The topological polar surface area (TPSA) is 374 Å². The van der Waals surface area contributed by atoms with Crippen LogP contribution in [0.3, 0.4) is 0 Å². The molecule has 0 saturated heterocycles. The Morgan fingerprint density at radius 3 is 1.11 bits per heavy atom. The number of nitrogens with zero attached hydrogens (tertiary/aromatic N) is 29. The van der Waals surface area contributed by atoms with Crippen molar-refractivity contribution in [2.75, 3.05) is 0 Å². The maximum atomic E-state index is 3.92. The van der Waals surface area contributed by atoms with Crippen LogP contribution in [0.2, 0.25) is 0 Å². The maximum absolute atomic E-state index is 3.92. The van der Waals surface area contributed by atoms with Crippen molar-refractivity contribution in [1.29, 1.82) is 0 Å². The molecule has 0 fully saturated rings. The molecule has 0 saturated carbocycles. The van der Waals surface area contributed by atoms with Crippen LogP contribution in [0.15, 0.2) is 131 Å². The Bertz CT molecular complexity index is 1990. The summed E-state index contributed by atoms with van der Waals surface area (Å²) >= 11 is 0. The standard InChI is InChI=1S/3C5H6N2.5C4H5N3.2C3H4N4/c1-5-4-6-2-3-7-5;1-5-2-3-6-4-7-5;1-5-6-3-2-4-7-5;1-4-6-2-5-3-7-4;1-4-2-6-7-3-5-4;1-4-2-5-3-6-7-4;1-4-5-2-3-6-7-4;1-4-2-3-5-7-6-4;1-3-6-4-2-5-7-3;1-3-2-4-6-7-5-3/h3*2-4H,1H3;5*2-3H,1H3;2*2H,1H3. The van der Waals surface area contributed by atoms with E-state index in [2.05, 4.69) is 147 Å². The fraction of sp³-hybridized carbons (Fsp3) is 0.244. The van der Waals surface area contributed by atoms with E-state index in [1.54, 1.807) is 100 Å². The van der Waals surface area contributed by atoms with E-state index in [9.17, 15) is 0 Å². The van der Waals surface area contributed by atoms with Gasteiger partial charge in [0.25, 0.3) is 0 Å². The van der Waals surface area contributed by atoms with Gasteiger partial charge in [0.15, 0.2) is 12.2 Å². The zero-order valence-corrected chi connectivity index (χ0v) is 40.1. The molecule has 0 amide bonds. The molecule has 29 heteroatoms. The Labute approximate surface area is 403 Å². The summed E-state index contributed by atoms with van der Waals surface area (Å²) < 4.78 is 0. The summed E-state index contributed by atoms with van der Waals surface area (Å²) in [6, 6.07) is 5.46. The first-order valence-corrected chi connectivity index (χ1v) is 20.1. The minimum atomic E-state index is 0.600. The van der Waals surface area contributed by atoms with Gasteiger partial charge in [-0.1, -0.05) is 0 Å². The first kappa shape index (κ1) is 58.2. The van der Waals surface area contributed by atoms with Gasteiger partial charge >= 0.3 is 0 Å². The summed E-state index contributed by atoms with van der Waals surface area (Å²) in [5.41, 5.74) is 5.40. The van der Waals surface area contributed by atoms with Crippen molar-refractivity contribution < 1.29 is 0 Å². The van der Waals surface area contributed by atoms with Crippen LogP contribution in [-0.2, 0) is 0 Å². The highest BCUT2D eigenvalue weighted by atomic mass is 15.4. The van der Waals surface area contributed by atoms with Gasteiger partial charge in [-0.2, -0.15) is 15.3 Å². The average molecular weight is 950 g/mol. The molecule has 10 heterocycles. The molecule has 0 radical (unpaired) electrons. The van der Waals surface area contributed by atoms with Gasteiger partial charge < -0.3 is 0 Å². The lowest BCUT2D eigenvalue weighted by Gasteiger charge is -1.81. The molecule has 0 aliphatic rings. The summed E-state index contributed by atoms with van der Waals surface area (Å²) in [4.78, 5) is 45.5. The average Bonchev–Trinajstić information content (AvgIpc) is 3.38. The lowest BCUT2D eigenvalue weighted by atomic mass is 10.5. The monoisotopic (exact) mass is 949 g/mol. The lowest BCUT2D eigenvalue weighted by molar-refractivity contribution is 0.742. The Hall–Kier alpha value is -9.83. The Morgan fingerprint density at radius 1 is 0.243 bits per heavy atom. The Balaban J connectivity index is 0.000000389. The van der Waals surface area contributed by atoms with Crippen LogP contribution in [0.5, 0.6) is 0 Å². The van der Waals surface area contributed by atoms with Crippen molar-refractivity contribution in [2.45, 2.75) is 69.2 Å². The first-order chi connectivity index (χ1) is 33.9. The van der Waals surface area contributed by atoms with Crippen molar-refractivity contribution in [1.82, 2.24) is 147 Å². The summed E-state index contributed by atoms with van der Waals surface area (Å²) in [7, 11) is 0. The molecule has 10 aromatic heterocycles. The molecule has 360 valence electrons. The van der Waals surface area contributed by atoms with Crippen molar-refractivity contribution in [3.05, 3.63) is 188 Å². The van der Waals surface area contributed by atoms with E-state index in [1.165, 1.54) is 38.0 Å². The molecule has 10 rings (SSSR count). The zero-order chi connectivity index (χ0) is 51.1. The van der Waals surface area contributed by atoms with Crippen LogP contribution in [-0.4, -0.2) is 147 Å². The fourth-order valence-corrected chi connectivity index (χ4v) is 3.14.